The van der Waals surface area contributed by atoms with Crippen LogP contribution in [0.4, 0.5) is 4.39 Å². The van der Waals surface area contributed by atoms with Crippen LogP contribution in [0.5, 0.6) is 5.75 Å². The fourth-order valence-electron chi connectivity index (χ4n) is 1.56. The van der Waals surface area contributed by atoms with Crippen molar-refractivity contribution >= 4 is 17.6 Å². The Hall–Kier alpha value is -1.75. The van der Waals surface area contributed by atoms with Crippen LogP contribution in [-0.2, 0) is 6.42 Å². The molecule has 0 saturated carbocycles. The van der Waals surface area contributed by atoms with Crippen LogP contribution in [-0.4, -0.2) is 17.9 Å². The molecule has 5 heteroatoms. The van der Waals surface area contributed by atoms with Gasteiger partial charge in [-0.3, -0.25) is 4.79 Å². The Kier molecular flexibility index (Phi) is 4.04. The largest absolute Gasteiger partial charge is 0.493 e. The van der Waals surface area contributed by atoms with Gasteiger partial charge in [-0.25, -0.2) is 9.37 Å². The van der Waals surface area contributed by atoms with Gasteiger partial charge in [0.1, 0.15) is 17.9 Å². The molecular weight excluding hydrogens is 253 g/mol. The Bertz CT molecular complexity index is 554. The molecule has 3 nitrogen and oxygen atoms in total. The zero-order chi connectivity index (χ0) is 13.0. The fourth-order valence-corrected chi connectivity index (χ4v) is 2.33. The average molecular weight is 265 g/mol. The molecular formula is C13H12FNO2S. The Balaban J connectivity index is 1.96. The molecule has 18 heavy (non-hydrogen) atoms. The van der Waals surface area contributed by atoms with Crippen molar-refractivity contribution in [1.82, 2.24) is 4.98 Å². The third kappa shape index (κ3) is 3.13. The third-order valence-corrected chi connectivity index (χ3v) is 3.47. The highest BCUT2D eigenvalue weighted by Crippen LogP contribution is 2.17. The Morgan fingerprint density at radius 1 is 1.44 bits per heavy atom. The highest BCUT2D eigenvalue weighted by Gasteiger charge is 2.04. The number of nitrogens with zero attached hydrogens (tertiary/aromatic N) is 1. The van der Waals surface area contributed by atoms with Gasteiger partial charge in [0, 0.05) is 22.9 Å². The van der Waals surface area contributed by atoms with E-state index in [4.69, 9.17) is 4.74 Å². The van der Waals surface area contributed by atoms with E-state index in [0.29, 0.717) is 18.6 Å². The quantitative estimate of drug-likeness (QED) is 0.780. The van der Waals surface area contributed by atoms with E-state index in [0.717, 1.165) is 17.0 Å². The monoisotopic (exact) mass is 265 g/mol. The minimum absolute atomic E-state index is 0.277. The van der Waals surface area contributed by atoms with Crippen molar-refractivity contribution in [2.75, 3.05) is 6.61 Å². The van der Waals surface area contributed by atoms with Crippen LogP contribution in [0.3, 0.4) is 0 Å². The van der Waals surface area contributed by atoms with Crippen LogP contribution < -0.4 is 4.74 Å². The van der Waals surface area contributed by atoms with Crippen LogP contribution >= 0.6 is 11.3 Å². The number of hydrogen-bond donors (Lipinski definition) is 0. The van der Waals surface area contributed by atoms with Crippen LogP contribution in [0.2, 0.25) is 0 Å². The van der Waals surface area contributed by atoms with Gasteiger partial charge in [0.15, 0.2) is 0 Å². The molecule has 1 aromatic heterocycles. The number of aryl methyl sites for hydroxylation is 1. The maximum atomic E-state index is 13.1. The van der Waals surface area contributed by atoms with Gasteiger partial charge in [0.05, 0.1) is 17.8 Å². The van der Waals surface area contributed by atoms with Crippen molar-refractivity contribution in [3.63, 3.8) is 0 Å². The lowest BCUT2D eigenvalue weighted by molar-refractivity contribution is 0.112. The average Bonchev–Trinajstić information content (AvgIpc) is 2.74. The molecule has 0 radical (unpaired) electrons. The van der Waals surface area contributed by atoms with Gasteiger partial charge in [0.2, 0.25) is 0 Å². The second-order valence-corrected chi connectivity index (χ2v) is 4.74. The molecule has 0 fully saturated rings. The summed E-state index contributed by atoms with van der Waals surface area (Å²) in [5.41, 5.74) is 3.06. The zero-order valence-corrected chi connectivity index (χ0v) is 10.7. The number of rotatable bonds is 5. The summed E-state index contributed by atoms with van der Waals surface area (Å²) in [6, 6.07) is 3.97. The number of aromatic nitrogens is 1. The number of benzene rings is 1. The van der Waals surface area contributed by atoms with Crippen molar-refractivity contribution in [1.29, 1.82) is 0 Å². The number of halogens is 1. The molecule has 2 aromatic rings. The molecule has 1 aromatic carbocycles. The van der Waals surface area contributed by atoms with Crippen molar-refractivity contribution in [3.05, 3.63) is 45.7 Å². The van der Waals surface area contributed by atoms with Crippen molar-refractivity contribution in [2.24, 2.45) is 0 Å². The van der Waals surface area contributed by atoms with Crippen molar-refractivity contribution in [3.8, 4) is 5.75 Å². The summed E-state index contributed by atoms with van der Waals surface area (Å²) in [5.74, 6) is -0.0946. The normalized spacial score (nSPS) is 10.3. The van der Waals surface area contributed by atoms with E-state index in [1.54, 1.807) is 16.8 Å². The highest BCUT2D eigenvalue weighted by molar-refractivity contribution is 7.09. The molecule has 0 N–H and O–H groups in total. The van der Waals surface area contributed by atoms with Gasteiger partial charge in [-0.15, -0.1) is 11.3 Å². The number of carbonyl (C=O) groups is 1. The topological polar surface area (TPSA) is 39.2 Å². The first-order valence-corrected chi connectivity index (χ1v) is 6.34. The first kappa shape index (κ1) is 12.7. The summed E-state index contributed by atoms with van der Waals surface area (Å²) in [5, 5.41) is 0. The number of ether oxygens (including phenoxy) is 1. The zero-order valence-electron chi connectivity index (χ0n) is 9.85. The van der Waals surface area contributed by atoms with Gasteiger partial charge < -0.3 is 4.74 Å². The van der Waals surface area contributed by atoms with Gasteiger partial charge in [-0.1, -0.05) is 0 Å². The lowest BCUT2D eigenvalue weighted by atomic mass is 10.2. The van der Waals surface area contributed by atoms with E-state index in [-0.39, 0.29) is 5.56 Å². The Labute approximate surface area is 108 Å². The van der Waals surface area contributed by atoms with Gasteiger partial charge in [-0.05, 0) is 19.1 Å². The lowest BCUT2D eigenvalue weighted by Gasteiger charge is -2.06. The van der Waals surface area contributed by atoms with E-state index >= 15 is 0 Å². The number of aldehydes is 1. The Morgan fingerprint density at radius 2 is 2.28 bits per heavy atom. The molecule has 2 rings (SSSR count). The highest BCUT2D eigenvalue weighted by atomic mass is 32.1. The maximum Gasteiger partial charge on any atom is 0.150 e. The molecule has 1 heterocycles. The molecule has 0 aliphatic carbocycles. The van der Waals surface area contributed by atoms with Gasteiger partial charge in [-0.2, -0.15) is 0 Å². The van der Waals surface area contributed by atoms with Crippen molar-refractivity contribution < 1.29 is 13.9 Å². The molecule has 0 bridgehead atoms. The molecule has 0 aliphatic rings. The third-order valence-electron chi connectivity index (χ3n) is 2.47. The first-order valence-electron chi connectivity index (χ1n) is 5.46. The number of thiazole rings is 1. The molecule has 0 amide bonds. The predicted molar refractivity (Wildman–Crippen MR) is 67.8 cm³/mol. The predicted octanol–water partition coefficient (Wildman–Crippen LogP) is 3.02. The second-order valence-electron chi connectivity index (χ2n) is 3.80. The fraction of sp³-hybridized carbons (Fsp3) is 0.231. The standard InChI is InChI=1S/C13H12FNO2S/c1-9-13(18-8-15-9)2-3-17-12-5-10(7-16)4-11(14)6-12/h4-8H,2-3H2,1H3. The van der Waals surface area contributed by atoms with E-state index in [9.17, 15) is 9.18 Å². The summed E-state index contributed by atoms with van der Waals surface area (Å²) in [4.78, 5) is 15.9. The molecule has 0 aliphatic heterocycles. The lowest BCUT2D eigenvalue weighted by Crippen LogP contribution is -2.02. The summed E-state index contributed by atoms with van der Waals surface area (Å²) in [6.07, 6.45) is 1.33. The molecule has 0 saturated heterocycles. The van der Waals surface area contributed by atoms with Crippen molar-refractivity contribution in [2.45, 2.75) is 13.3 Å². The molecule has 94 valence electrons. The SMILES string of the molecule is Cc1ncsc1CCOc1cc(F)cc(C=O)c1. The van der Waals surface area contributed by atoms with Gasteiger partial charge in [0.25, 0.3) is 0 Å². The van der Waals surface area contributed by atoms with E-state index < -0.39 is 5.82 Å². The van der Waals surface area contributed by atoms with E-state index in [1.165, 1.54) is 18.2 Å². The van der Waals surface area contributed by atoms with Crippen LogP contribution in [0.25, 0.3) is 0 Å². The molecule has 0 unspecified atom stereocenters. The van der Waals surface area contributed by atoms with Gasteiger partial charge >= 0.3 is 0 Å². The van der Waals surface area contributed by atoms with E-state index in [2.05, 4.69) is 4.98 Å². The minimum Gasteiger partial charge on any atom is -0.493 e. The first-order chi connectivity index (χ1) is 8.69. The maximum absolute atomic E-state index is 13.1. The smallest absolute Gasteiger partial charge is 0.150 e. The summed E-state index contributed by atoms with van der Waals surface area (Å²) < 4.78 is 18.6. The van der Waals surface area contributed by atoms with E-state index in [1.807, 2.05) is 6.92 Å². The summed E-state index contributed by atoms with van der Waals surface area (Å²) >= 11 is 1.57. The van der Waals surface area contributed by atoms with Crippen LogP contribution in [0.1, 0.15) is 20.9 Å². The summed E-state index contributed by atoms with van der Waals surface area (Å²) in [6.45, 7) is 2.38. The minimum atomic E-state index is -0.469. The summed E-state index contributed by atoms with van der Waals surface area (Å²) in [7, 11) is 0. The van der Waals surface area contributed by atoms with Crippen LogP contribution in [0, 0.1) is 12.7 Å². The van der Waals surface area contributed by atoms with Crippen LogP contribution in [0.15, 0.2) is 23.7 Å². The Morgan fingerprint density at radius 3 is 2.94 bits per heavy atom. The number of hydrogen-bond acceptors (Lipinski definition) is 4. The molecule has 0 spiro atoms. The number of carbonyl (C=O) groups excluding carboxylic acids is 1. The second kappa shape index (κ2) is 5.73. The molecule has 0 atom stereocenters.